The highest BCUT2D eigenvalue weighted by Crippen LogP contribution is 2.20. The fourth-order valence-corrected chi connectivity index (χ4v) is 4.83. The molecular formula is C32H34N4O2S. The van der Waals surface area contributed by atoms with Gasteiger partial charge in [-0.3, -0.25) is 10.0 Å². The van der Waals surface area contributed by atoms with Crippen LogP contribution in [0.15, 0.2) is 143 Å². The molecule has 0 fully saturated rings. The van der Waals surface area contributed by atoms with E-state index < -0.39 is 12.2 Å². The van der Waals surface area contributed by atoms with Gasteiger partial charge in [0.05, 0.1) is 49.1 Å². The molecule has 0 aliphatic heterocycles. The van der Waals surface area contributed by atoms with Crippen LogP contribution in [0.3, 0.4) is 0 Å². The number of aliphatic hydroxyl groups excluding tert-OH is 2. The van der Waals surface area contributed by atoms with E-state index in [0.717, 1.165) is 33.7 Å². The number of para-hydroxylation sites is 2. The molecule has 0 amide bonds. The average Bonchev–Trinajstić information content (AvgIpc) is 3.56. The second-order valence-electron chi connectivity index (χ2n) is 9.18. The molecule has 0 spiro atoms. The summed E-state index contributed by atoms with van der Waals surface area (Å²) >= 11 is 1.50. The van der Waals surface area contributed by atoms with Crippen LogP contribution in [0.1, 0.15) is 0 Å². The number of benzene rings is 2. The first-order chi connectivity index (χ1) is 19.0. The number of anilines is 2. The van der Waals surface area contributed by atoms with Crippen molar-refractivity contribution in [1.82, 2.24) is 0 Å². The first kappa shape index (κ1) is 28.1. The van der Waals surface area contributed by atoms with Gasteiger partial charge in [0.15, 0.2) is 0 Å². The van der Waals surface area contributed by atoms with Crippen molar-refractivity contribution in [3.8, 4) is 0 Å². The summed E-state index contributed by atoms with van der Waals surface area (Å²) in [7, 11) is 0. The van der Waals surface area contributed by atoms with Crippen LogP contribution < -0.4 is 10.0 Å². The van der Waals surface area contributed by atoms with Crippen molar-refractivity contribution in [3.63, 3.8) is 0 Å². The minimum absolute atomic E-state index is 0.324. The molecule has 2 aliphatic carbocycles. The lowest BCUT2D eigenvalue weighted by atomic mass is 10.2. The molecule has 0 saturated heterocycles. The van der Waals surface area contributed by atoms with Crippen LogP contribution in [0.5, 0.6) is 0 Å². The quantitative estimate of drug-likeness (QED) is 0.244. The Morgan fingerprint density at radius 3 is 1.46 bits per heavy atom. The lowest BCUT2D eigenvalue weighted by Gasteiger charge is -2.24. The lowest BCUT2D eigenvalue weighted by Crippen LogP contribution is -2.32. The molecule has 6 nitrogen and oxygen atoms in total. The van der Waals surface area contributed by atoms with E-state index in [1.807, 2.05) is 97.1 Å². The molecule has 0 saturated carbocycles. The number of thioether (sulfide) groups is 1. The Morgan fingerprint density at radius 2 is 1.10 bits per heavy atom. The molecule has 4 rings (SSSR count). The molecule has 7 heteroatoms. The predicted molar refractivity (Wildman–Crippen MR) is 167 cm³/mol. The maximum Gasteiger partial charge on any atom is 0.0826 e. The minimum atomic E-state index is -0.644. The van der Waals surface area contributed by atoms with E-state index in [1.165, 1.54) is 11.8 Å². The fraction of sp³-hybridized carbons (Fsp3) is 0.188. The Balaban J connectivity index is 1.31. The van der Waals surface area contributed by atoms with Gasteiger partial charge in [-0.05, 0) is 35.4 Å². The topological polar surface area (TPSA) is 71.7 Å². The largest absolute Gasteiger partial charge is 0.390 e. The smallest absolute Gasteiger partial charge is 0.0826 e. The van der Waals surface area contributed by atoms with Gasteiger partial charge in [-0.2, -0.15) is 22.0 Å². The monoisotopic (exact) mass is 538 g/mol. The van der Waals surface area contributed by atoms with Crippen LogP contribution in [0.2, 0.25) is 0 Å². The minimum Gasteiger partial charge on any atom is -0.390 e. The van der Waals surface area contributed by atoms with Crippen LogP contribution in [-0.2, 0) is 0 Å². The van der Waals surface area contributed by atoms with Crippen molar-refractivity contribution >= 4 is 35.6 Å². The van der Waals surface area contributed by atoms with Gasteiger partial charge in [-0.1, -0.05) is 86.0 Å². The van der Waals surface area contributed by atoms with Crippen molar-refractivity contribution < 1.29 is 10.2 Å². The number of rotatable bonds is 14. The van der Waals surface area contributed by atoms with Crippen molar-refractivity contribution in [3.05, 3.63) is 133 Å². The second kappa shape index (κ2) is 14.3. The Morgan fingerprint density at radius 1 is 0.692 bits per heavy atom. The highest BCUT2D eigenvalue weighted by molar-refractivity contribution is 7.99. The van der Waals surface area contributed by atoms with Crippen LogP contribution in [0.25, 0.3) is 0 Å². The zero-order chi connectivity index (χ0) is 27.5. The molecule has 2 unspecified atom stereocenters. The Kier molecular flexibility index (Phi) is 10.3. The van der Waals surface area contributed by atoms with E-state index in [1.54, 1.807) is 22.4 Å². The Hall–Kier alpha value is -3.91. The maximum atomic E-state index is 10.8. The van der Waals surface area contributed by atoms with Crippen LogP contribution >= 0.6 is 11.8 Å². The summed E-state index contributed by atoms with van der Waals surface area (Å²) in [5.41, 5.74) is 5.49. The van der Waals surface area contributed by atoms with Crippen LogP contribution in [-0.4, -0.2) is 59.4 Å². The molecule has 2 N–H and O–H groups in total. The van der Waals surface area contributed by atoms with Gasteiger partial charge in [-0.25, -0.2) is 0 Å². The summed E-state index contributed by atoms with van der Waals surface area (Å²) in [5.74, 6) is 0.916. The predicted octanol–water partition coefficient (Wildman–Crippen LogP) is 5.53. The molecule has 2 aromatic carbocycles. The molecule has 39 heavy (non-hydrogen) atoms. The summed E-state index contributed by atoms with van der Waals surface area (Å²) < 4.78 is 0. The lowest BCUT2D eigenvalue weighted by molar-refractivity contribution is 0.200. The van der Waals surface area contributed by atoms with Crippen molar-refractivity contribution in [2.45, 2.75) is 12.2 Å². The molecule has 0 radical (unpaired) electrons. The second-order valence-corrected chi connectivity index (χ2v) is 10.3. The van der Waals surface area contributed by atoms with E-state index in [9.17, 15) is 10.2 Å². The summed E-state index contributed by atoms with van der Waals surface area (Å²) in [6.07, 6.45) is 13.9. The third kappa shape index (κ3) is 8.55. The SMILES string of the molecule is C=C1C=CC=C1/C=N/N(CC(O)CSCC(O)CN(/N=C/C1=CC=CC1=C)c1ccccc1)c1ccccc1. The van der Waals surface area contributed by atoms with Crippen molar-refractivity contribution in [1.29, 1.82) is 0 Å². The third-order valence-electron chi connectivity index (χ3n) is 6.06. The van der Waals surface area contributed by atoms with E-state index in [2.05, 4.69) is 23.4 Å². The summed E-state index contributed by atoms with van der Waals surface area (Å²) in [4.78, 5) is 0. The highest BCUT2D eigenvalue weighted by Gasteiger charge is 2.16. The fourth-order valence-electron chi connectivity index (χ4n) is 3.94. The van der Waals surface area contributed by atoms with E-state index in [0.29, 0.717) is 24.6 Å². The Bertz CT molecular complexity index is 1210. The zero-order valence-corrected chi connectivity index (χ0v) is 22.7. The van der Waals surface area contributed by atoms with E-state index >= 15 is 0 Å². The van der Waals surface area contributed by atoms with Crippen molar-refractivity contribution in [2.24, 2.45) is 10.2 Å². The van der Waals surface area contributed by atoms with Gasteiger partial charge in [0, 0.05) is 22.7 Å². The Labute approximate surface area is 235 Å². The molecule has 0 bridgehead atoms. The highest BCUT2D eigenvalue weighted by atomic mass is 32.2. The summed E-state index contributed by atoms with van der Waals surface area (Å²) in [6.45, 7) is 8.68. The molecule has 200 valence electrons. The van der Waals surface area contributed by atoms with E-state index in [-0.39, 0.29) is 0 Å². The van der Waals surface area contributed by atoms with Gasteiger partial charge in [0.2, 0.25) is 0 Å². The standard InChI is InChI=1S/C32H34N4O2S/c1-25-11-9-13-27(25)19-33-35(29-15-5-3-6-16-29)21-31(37)23-39-24-32(38)22-36(30-17-7-4-8-18-30)34-20-28-14-10-12-26(28)2/h3-20,31-32,37-38H,1-2,21-24H2/b33-19+,34-20+. The number of allylic oxidation sites excluding steroid dienone is 10. The van der Waals surface area contributed by atoms with Crippen LogP contribution in [0, 0.1) is 0 Å². The van der Waals surface area contributed by atoms with Gasteiger partial charge in [-0.15, -0.1) is 0 Å². The van der Waals surface area contributed by atoms with Gasteiger partial charge < -0.3 is 10.2 Å². The molecule has 2 aliphatic rings. The summed E-state index contributed by atoms with van der Waals surface area (Å²) in [5, 5.41) is 34.5. The number of nitrogens with zero attached hydrogens (tertiary/aromatic N) is 4. The third-order valence-corrected chi connectivity index (χ3v) is 7.30. The first-order valence-electron chi connectivity index (χ1n) is 12.8. The van der Waals surface area contributed by atoms with Gasteiger partial charge >= 0.3 is 0 Å². The van der Waals surface area contributed by atoms with Gasteiger partial charge in [0.25, 0.3) is 0 Å². The zero-order valence-electron chi connectivity index (χ0n) is 21.9. The van der Waals surface area contributed by atoms with Crippen molar-refractivity contribution in [2.75, 3.05) is 34.6 Å². The maximum absolute atomic E-state index is 10.8. The number of hydrazone groups is 2. The molecule has 0 heterocycles. The number of hydrogen-bond acceptors (Lipinski definition) is 7. The van der Waals surface area contributed by atoms with E-state index in [4.69, 9.17) is 0 Å². The average molecular weight is 539 g/mol. The molecule has 2 atom stereocenters. The first-order valence-corrected chi connectivity index (χ1v) is 14.0. The number of hydrogen-bond donors (Lipinski definition) is 2. The number of aliphatic hydroxyl groups is 2. The van der Waals surface area contributed by atoms with Gasteiger partial charge in [0.1, 0.15) is 0 Å². The summed E-state index contributed by atoms with van der Waals surface area (Å²) in [6, 6.07) is 19.5. The molecule has 0 aromatic heterocycles. The molecule has 2 aromatic rings. The normalized spacial score (nSPS) is 16.3. The molecular weight excluding hydrogens is 504 g/mol. The van der Waals surface area contributed by atoms with Crippen LogP contribution in [0.4, 0.5) is 11.4 Å².